The molecule has 1 fully saturated rings. The molecule has 284 valence electrons. The highest BCUT2D eigenvalue weighted by Crippen LogP contribution is 2.43. The van der Waals surface area contributed by atoms with Gasteiger partial charge in [-0.1, -0.05) is 18.2 Å². The number of hydrogen-bond acceptors (Lipinski definition) is 10. The summed E-state index contributed by atoms with van der Waals surface area (Å²) in [5, 5.41) is 21.1. The number of anilines is 2. The maximum absolute atomic E-state index is 15.8. The number of nitrogens with zero attached hydrogens (tertiary/aromatic N) is 2. The second-order valence-corrected chi connectivity index (χ2v) is 14.6. The van der Waals surface area contributed by atoms with Gasteiger partial charge in [0.05, 0.1) is 36.3 Å². The molecule has 3 aromatic carbocycles. The number of alkyl halides is 3. The summed E-state index contributed by atoms with van der Waals surface area (Å²) in [6.07, 6.45) is -3.48. The largest absolute Gasteiger partial charge is 0.493 e. The third kappa shape index (κ3) is 8.54. The van der Waals surface area contributed by atoms with Gasteiger partial charge < -0.3 is 35.6 Å². The van der Waals surface area contributed by atoms with Gasteiger partial charge >= 0.3 is 18.1 Å². The number of pyridine rings is 1. The van der Waals surface area contributed by atoms with Gasteiger partial charge in [-0.2, -0.15) is 13.2 Å². The van der Waals surface area contributed by atoms with E-state index in [2.05, 4.69) is 10.3 Å². The number of rotatable bonds is 10. The molecule has 0 unspecified atom stereocenters. The lowest BCUT2D eigenvalue weighted by Gasteiger charge is -2.33. The Hall–Kier alpha value is -5.65. The fraction of sp³-hybridized carbons (Fsp3) is 0.314. The molecule has 18 heteroatoms. The van der Waals surface area contributed by atoms with Gasteiger partial charge in [0.25, 0.3) is 0 Å². The van der Waals surface area contributed by atoms with E-state index in [4.69, 9.17) is 25.1 Å². The van der Waals surface area contributed by atoms with E-state index in [0.717, 1.165) is 6.07 Å². The van der Waals surface area contributed by atoms with E-state index in [0.29, 0.717) is 22.3 Å². The minimum atomic E-state index is -5.08. The minimum absolute atomic E-state index is 0.0104. The number of fused-ring (bicyclic) bond motifs is 1. The fourth-order valence-electron chi connectivity index (χ4n) is 5.91. The molecule has 0 bridgehead atoms. The summed E-state index contributed by atoms with van der Waals surface area (Å²) in [4.78, 5) is 41.5. The minimum Gasteiger partial charge on any atom is -0.493 e. The van der Waals surface area contributed by atoms with Crippen molar-refractivity contribution in [2.24, 2.45) is 5.92 Å². The molecule has 1 amide bonds. The highest BCUT2D eigenvalue weighted by molar-refractivity contribution is 7.92. The number of hydrogen-bond donors (Lipinski definition) is 4. The third-order valence-electron chi connectivity index (χ3n) is 8.57. The number of carboxylic acid groups (broad SMARTS) is 2. The van der Waals surface area contributed by atoms with Crippen molar-refractivity contribution in [3.63, 3.8) is 0 Å². The van der Waals surface area contributed by atoms with E-state index in [1.165, 1.54) is 51.2 Å². The molecule has 1 saturated heterocycles. The van der Waals surface area contributed by atoms with Crippen molar-refractivity contribution in [3.05, 3.63) is 83.8 Å². The Morgan fingerprint density at radius 3 is 2.21 bits per heavy atom. The SMILES string of the molecule is COc1cc(F)c([C@@H](Nc2ccc3c(N)nccc3c2)C(=O)N2CC[C@H](C(=O)O)[C@@H]2c2ccccc2S(=O)(=O)C(C)C)cc1OC.O=C(O)C(F)(F)F. The number of benzene rings is 3. The van der Waals surface area contributed by atoms with E-state index in [1.807, 2.05) is 0 Å². The normalized spacial score (nSPS) is 16.4. The zero-order valence-corrected chi connectivity index (χ0v) is 29.5. The number of sulfone groups is 1. The second-order valence-electron chi connectivity index (χ2n) is 12.1. The Kier molecular flexibility index (Phi) is 12.1. The van der Waals surface area contributed by atoms with Gasteiger partial charge in [0.2, 0.25) is 5.91 Å². The van der Waals surface area contributed by atoms with Crippen LogP contribution in [0.5, 0.6) is 11.5 Å². The Labute approximate surface area is 301 Å². The van der Waals surface area contributed by atoms with Crippen LogP contribution < -0.4 is 20.5 Å². The molecule has 5 N–H and O–H groups in total. The number of nitrogens with one attached hydrogen (secondary N) is 1. The average Bonchev–Trinajstić information content (AvgIpc) is 3.56. The van der Waals surface area contributed by atoms with Crippen molar-refractivity contribution >= 4 is 50.0 Å². The predicted octanol–water partition coefficient (Wildman–Crippen LogP) is 5.62. The fourth-order valence-corrected chi connectivity index (χ4v) is 7.20. The van der Waals surface area contributed by atoms with Gasteiger partial charge in [-0.05, 0) is 67.6 Å². The maximum Gasteiger partial charge on any atom is 0.490 e. The van der Waals surface area contributed by atoms with Crippen LogP contribution >= 0.6 is 0 Å². The Balaban J connectivity index is 0.000000815. The van der Waals surface area contributed by atoms with Crippen molar-refractivity contribution in [1.82, 2.24) is 9.88 Å². The summed E-state index contributed by atoms with van der Waals surface area (Å²) in [6, 6.07) is 12.9. The van der Waals surface area contributed by atoms with Gasteiger partial charge in [-0.3, -0.25) is 9.59 Å². The maximum atomic E-state index is 15.8. The van der Waals surface area contributed by atoms with E-state index < -0.39 is 62.9 Å². The lowest BCUT2D eigenvalue weighted by Crippen LogP contribution is -2.40. The number of aromatic nitrogens is 1. The molecule has 2 heterocycles. The molecule has 53 heavy (non-hydrogen) atoms. The van der Waals surface area contributed by atoms with Gasteiger partial charge in [-0.25, -0.2) is 22.6 Å². The number of halogens is 4. The summed E-state index contributed by atoms with van der Waals surface area (Å²) >= 11 is 0. The molecule has 1 aliphatic heterocycles. The molecule has 5 rings (SSSR count). The first kappa shape index (κ1) is 40.1. The summed E-state index contributed by atoms with van der Waals surface area (Å²) in [6.45, 7) is 3.06. The van der Waals surface area contributed by atoms with E-state index >= 15 is 4.39 Å². The smallest absolute Gasteiger partial charge is 0.490 e. The van der Waals surface area contributed by atoms with Crippen LogP contribution in [-0.2, 0) is 24.2 Å². The molecule has 1 aromatic heterocycles. The number of ether oxygens (including phenoxy) is 2. The van der Waals surface area contributed by atoms with Crippen LogP contribution in [0.3, 0.4) is 0 Å². The Morgan fingerprint density at radius 2 is 1.62 bits per heavy atom. The van der Waals surface area contributed by atoms with E-state index in [-0.39, 0.29) is 40.5 Å². The van der Waals surface area contributed by atoms with Gasteiger partial charge in [0.1, 0.15) is 17.7 Å². The van der Waals surface area contributed by atoms with Crippen LogP contribution in [0.1, 0.15) is 43.5 Å². The van der Waals surface area contributed by atoms with Crippen molar-refractivity contribution in [3.8, 4) is 11.5 Å². The van der Waals surface area contributed by atoms with Gasteiger partial charge in [-0.15, -0.1) is 0 Å². The molecule has 0 aliphatic carbocycles. The molecular formula is C35H36F4N4O9S. The Bertz CT molecular complexity index is 2130. The monoisotopic (exact) mass is 764 g/mol. The first-order valence-corrected chi connectivity index (χ1v) is 17.4. The number of nitrogen functional groups attached to an aromatic ring is 1. The first-order chi connectivity index (χ1) is 24.8. The summed E-state index contributed by atoms with van der Waals surface area (Å²) < 4.78 is 85.1. The van der Waals surface area contributed by atoms with Crippen LogP contribution in [0.15, 0.2) is 71.8 Å². The number of aliphatic carboxylic acids is 2. The van der Waals surface area contributed by atoms with Crippen LogP contribution in [0.25, 0.3) is 10.8 Å². The average molecular weight is 765 g/mol. The molecule has 13 nitrogen and oxygen atoms in total. The molecule has 0 spiro atoms. The van der Waals surface area contributed by atoms with Gasteiger partial charge in [0.15, 0.2) is 21.3 Å². The third-order valence-corrected chi connectivity index (χ3v) is 10.8. The quantitative estimate of drug-likeness (QED) is 0.146. The highest BCUT2D eigenvalue weighted by Gasteiger charge is 2.46. The van der Waals surface area contributed by atoms with Crippen molar-refractivity contribution in [2.45, 2.75) is 48.7 Å². The molecule has 0 saturated carbocycles. The summed E-state index contributed by atoms with van der Waals surface area (Å²) in [5.74, 6) is -5.88. The lowest BCUT2D eigenvalue weighted by molar-refractivity contribution is -0.192. The van der Waals surface area contributed by atoms with Crippen LogP contribution in [0.4, 0.5) is 29.1 Å². The lowest BCUT2D eigenvalue weighted by atomic mass is 9.93. The molecule has 1 aliphatic rings. The first-order valence-electron chi connectivity index (χ1n) is 15.8. The zero-order chi connectivity index (χ0) is 39.4. The number of amides is 1. The van der Waals surface area contributed by atoms with Crippen molar-refractivity contribution in [2.75, 3.05) is 31.8 Å². The van der Waals surface area contributed by atoms with Crippen molar-refractivity contribution in [1.29, 1.82) is 0 Å². The van der Waals surface area contributed by atoms with E-state index in [1.54, 1.807) is 42.6 Å². The standard InChI is InChI=1S/C33H35FN4O7S.C2HF3O2/c1-18(2)46(42,43)28-8-6-5-7-22(28)30-23(33(40)41)12-14-38(30)32(39)29(24-16-26(44-3)27(45-4)17-25(24)34)37-20-9-10-21-19(15-20)11-13-36-31(21)35;3-2(4,5)1(6)7/h5-11,13,15-18,23,29-30,37H,12,14H2,1-4H3,(H2,35,36)(H,40,41);(H,6,7)/t23-,29+,30-;/m0./s1. The van der Waals surface area contributed by atoms with Crippen LogP contribution in [-0.4, -0.2) is 78.6 Å². The predicted molar refractivity (Wildman–Crippen MR) is 185 cm³/mol. The van der Waals surface area contributed by atoms with Crippen LogP contribution in [0.2, 0.25) is 0 Å². The van der Waals surface area contributed by atoms with Gasteiger partial charge in [0, 0.05) is 35.4 Å². The molecule has 3 atom stereocenters. The van der Waals surface area contributed by atoms with E-state index in [9.17, 15) is 36.3 Å². The number of likely N-dealkylation sites (tertiary alicyclic amines) is 1. The Morgan fingerprint density at radius 1 is 1.00 bits per heavy atom. The number of carboxylic acids is 2. The number of methoxy groups -OCH3 is 2. The molecule has 0 radical (unpaired) electrons. The highest BCUT2D eigenvalue weighted by atomic mass is 32.2. The molecular weight excluding hydrogens is 728 g/mol. The van der Waals surface area contributed by atoms with Crippen molar-refractivity contribution < 1.29 is 60.0 Å². The summed E-state index contributed by atoms with van der Waals surface area (Å²) in [7, 11) is -1.13. The summed E-state index contributed by atoms with van der Waals surface area (Å²) in [5.41, 5.74) is 6.57. The zero-order valence-electron chi connectivity index (χ0n) is 28.7. The number of carbonyl (C=O) groups excluding carboxylic acids is 1. The number of carbonyl (C=O) groups is 3. The topological polar surface area (TPSA) is 198 Å². The second kappa shape index (κ2) is 15.9. The number of nitrogens with two attached hydrogens (primary N) is 1. The molecule has 4 aromatic rings. The van der Waals surface area contributed by atoms with Crippen LogP contribution in [0, 0.1) is 11.7 Å².